The molecule has 2 aromatic rings. The van der Waals surface area contributed by atoms with Crippen molar-refractivity contribution in [2.24, 2.45) is 12.8 Å². The van der Waals surface area contributed by atoms with Gasteiger partial charge in [0.25, 0.3) is 0 Å². The maximum atomic E-state index is 6.18. The summed E-state index contributed by atoms with van der Waals surface area (Å²) >= 11 is 11.9. The van der Waals surface area contributed by atoms with E-state index in [-0.39, 0.29) is 6.04 Å². The first-order valence-corrected chi connectivity index (χ1v) is 6.43. The molecular weight excluding hydrogens is 269 g/mol. The highest BCUT2D eigenvalue weighted by atomic mass is 35.5. The zero-order valence-electron chi connectivity index (χ0n) is 10.3. The Morgan fingerprint density at radius 1 is 1.28 bits per heavy atom. The van der Waals surface area contributed by atoms with Gasteiger partial charge < -0.3 is 5.73 Å². The molecule has 2 rings (SSSR count). The van der Waals surface area contributed by atoms with E-state index in [9.17, 15) is 0 Å². The molecule has 5 heteroatoms. The van der Waals surface area contributed by atoms with Crippen LogP contribution in [0.15, 0.2) is 24.3 Å². The van der Waals surface area contributed by atoms with E-state index in [0.717, 1.165) is 23.4 Å². The van der Waals surface area contributed by atoms with Crippen LogP contribution in [0.3, 0.4) is 0 Å². The maximum absolute atomic E-state index is 6.18. The molecule has 96 valence electrons. The second-order valence-electron chi connectivity index (χ2n) is 4.38. The number of nitrogens with two attached hydrogens (primary N) is 1. The second-order valence-corrected chi connectivity index (χ2v) is 5.20. The molecule has 18 heavy (non-hydrogen) atoms. The quantitative estimate of drug-likeness (QED) is 0.940. The van der Waals surface area contributed by atoms with Crippen molar-refractivity contribution in [3.8, 4) is 0 Å². The van der Waals surface area contributed by atoms with Gasteiger partial charge in [-0.25, -0.2) is 0 Å². The monoisotopic (exact) mass is 283 g/mol. The Balaban J connectivity index is 2.19. The lowest BCUT2D eigenvalue weighted by atomic mass is 10.0. The van der Waals surface area contributed by atoms with Crippen molar-refractivity contribution in [1.82, 2.24) is 9.78 Å². The molecule has 1 atom stereocenters. The topological polar surface area (TPSA) is 43.8 Å². The van der Waals surface area contributed by atoms with Crippen molar-refractivity contribution in [2.45, 2.75) is 19.4 Å². The van der Waals surface area contributed by atoms with Gasteiger partial charge in [0.15, 0.2) is 0 Å². The molecule has 0 aliphatic rings. The minimum absolute atomic E-state index is 0.116. The van der Waals surface area contributed by atoms with Gasteiger partial charge in [-0.3, -0.25) is 4.68 Å². The Kier molecular flexibility index (Phi) is 3.95. The lowest BCUT2D eigenvalue weighted by Crippen LogP contribution is -2.15. The summed E-state index contributed by atoms with van der Waals surface area (Å²) in [5.74, 6) is 0. The highest BCUT2D eigenvalue weighted by Gasteiger charge is 2.12. The van der Waals surface area contributed by atoms with Crippen molar-refractivity contribution in [3.63, 3.8) is 0 Å². The second kappa shape index (κ2) is 5.31. The number of nitrogens with zero attached hydrogens (tertiary/aromatic N) is 2. The lowest BCUT2D eigenvalue weighted by Gasteiger charge is -2.13. The third kappa shape index (κ3) is 2.86. The Morgan fingerprint density at radius 3 is 2.56 bits per heavy atom. The molecule has 0 amide bonds. The van der Waals surface area contributed by atoms with Crippen LogP contribution in [0.4, 0.5) is 0 Å². The molecular formula is C13H15Cl2N3. The van der Waals surface area contributed by atoms with Crippen molar-refractivity contribution < 1.29 is 0 Å². The molecule has 0 spiro atoms. The van der Waals surface area contributed by atoms with Gasteiger partial charge >= 0.3 is 0 Å². The molecule has 0 fully saturated rings. The number of aromatic nitrogens is 2. The predicted molar refractivity (Wildman–Crippen MR) is 75.0 cm³/mol. The fourth-order valence-electron chi connectivity index (χ4n) is 1.94. The number of halogens is 2. The summed E-state index contributed by atoms with van der Waals surface area (Å²) in [7, 11) is 1.92. The van der Waals surface area contributed by atoms with E-state index >= 15 is 0 Å². The predicted octanol–water partition coefficient (Wildman–Crippen LogP) is 3.28. The van der Waals surface area contributed by atoms with Gasteiger partial charge in [0.1, 0.15) is 0 Å². The summed E-state index contributed by atoms with van der Waals surface area (Å²) in [4.78, 5) is 0. The SMILES string of the molecule is Cc1cc(CC(N)c2ccc(Cl)c(Cl)c2)n(C)n1. The van der Waals surface area contributed by atoms with Gasteiger partial charge in [-0.05, 0) is 30.7 Å². The number of hydrogen-bond donors (Lipinski definition) is 1. The average Bonchev–Trinajstić information content (AvgIpc) is 2.61. The Bertz CT molecular complexity index is 563. The Hall–Kier alpha value is -1.03. The molecule has 0 radical (unpaired) electrons. The van der Waals surface area contributed by atoms with Gasteiger partial charge in [-0.2, -0.15) is 5.10 Å². The van der Waals surface area contributed by atoms with E-state index in [2.05, 4.69) is 5.10 Å². The fourth-order valence-corrected chi connectivity index (χ4v) is 2.25. The Morgan fingerprint density at radius 2 is 2.00 bits per heavy atom. The van der Waals surface area contributed by atoms with E-state index < -0.39 is 0 Å². The van der Waals surface area contributed by atoms with Crippen molar-refractivity contribution in [1.29, 1.82) is 0 Å². The number of hydrogen-bond acceptors (Lipinski definition) is 2. The normalized spacial score (nSPS) is 12.7. The first kappa shape index (κ1) is 13.4. The van der Waals surface area contributed by atoms with E-state index in [1.165, 1.54) is 0 Å². The standard InChI is InChI=1S/C13H15Cl2N3/c1-8-5-10(18(2)17-8)7-13(16)9-3-4-11(14)12(15)6-9/h3-6,13H,7,16H2,1-2H3. The van der Waals surface area contributed by atoms with Gasteiger partial charge in [0.2, 0.25) is 0 Å². The van der Waals surface area contributed by atoms with E-state index in [1.54, 1.807) is 6.07 Å². The summed E-state index contributed by atoms with van der Waals surface area (Å²) in [6.07, 6.45) is 0.718. The molecule has 0 bridgehead atoms. The largest absolute Gasteiger partial charge is 0.324 e. The minimum Gasteiger partial charge on any atom is -0.324 e. The van der Waals surface area contributed by atoms with Gasteiger partial charge in [-0.1, -0.05) is 29.3 Å². The number of aryl methyl sites for hydroxylation is 2. The Labute approximate surface area is 117 Å². The molecule has 1 aromatic carbocycles. The third-order valence-corrected chi connectivity index (χ3v) is 3.64. The molecule has 0 aliphatic carbocycles. The van der Waals surface area contributed by atoms with Crippen LogP contribution in [-0.4, -0.2) is 9.78 Å². The van der Waals surface area contributed by atoms with Crippen LogP contribution in [0.2, 0.25) is 10.0 Å². The fraction of sp³-hybridized carbons (Fsp3) is 0.308. The highest BCUT2D eigenvalue weighted by molar-refractivity contribution is 6.42. The zero-order valence-corrected chi connectivity index (χ0v) is 11.8. The summed E-state index contributed by atoms with van der Waals surface area (Å²) in [6.45, 7) is 1.97. The van der Waals surface area contributed by atoms with Crippen LogP contribution in [0.25, 0.3) is 0 Å². The van der Waals surface area contributed by atoms with Crippen molar-refractivity contribution in [2.75, 3.05) is 0 Å². The van der Waals surface area contributed by atoms with Gasteiger partial charge in [0, 0.05) is 25.2 Å². The van der Waals surface area contributed by atoms with Gasteiger partial charge in [-0.15, -0.1) is 0 Å². The van der Waals surface area contributed by atoms with Crippen molar-refractivity contribution in [3.05, 3.63) is 51.3 Å². The molecule has 0 saturated carbocycles. The van der Waals surface area contributed by atoms with E-state index in [1.807, 2.05) is 36.9 Å². The lowest BCUT2D eigenvalue weighted by molar-refractivity contribution is 0.640. The first-order valence-electron chi connectivity index (χ1n) is 5.67. The first-order chi connectivity index (χ1) is 8.47. The third-order valence-electron chi connectivity index (χ3n) is 2.90. The zero-order chi connectivity index (χ0) is 13.3. The van der Waals surface area contributed by atoms with Crippen molar-refractivity contribution >= 4 is 23.2 Å². The van der Waals surface area contributed by atoms with Crippen LogP contribution in [0.5, 0.6) is 0 Å². The summed E-state index contributed by atoms with van der Waals surface area (Å²) in [6, 6.07) is 7.42. The smallest absolute Gasteiger partial charge is 0.0596 e. The summed E-state index contributed by atoms with van der Waals surface area (Å²) < 4.78 is 1.85. The summed E-state index contributed by atoms with van der Waals surface area (Å²) in [5, 5.41) is 5.38. The van der Waals surface area contributed by atoms with Crippen LogP contribution in [-0.2, 0) is 13.5 Å². The average molecular weight is 284 g/mol. The highest BCUT2D eigenvalue weighted by Crippen LogP contribution is 2.26. The number of benzene rings is 1. The molecule has 0 aliphatic heterocycles. The molecule has 2 N–H and O–H groups in total. The van der Waals surface area contributed by atoms with E-state index in [4.69, 9.17) is 28.9 Å². The van der Waals surface area contributed by atoms with E-state index in [0.29, 0.717) is 10.0 Å². The molecule has 1 unspecified atom stereocenters. The molecule has 0 saturated heterocycles. The summed E-state index contributed by atoms with van der Waals surface area (Å²) in [5.41, 5.74) is 9.25. The van der Waals surface area contributed by atoms with Crippen LogP contribution < -0.4 is 5.73 Å². The minimum atomic E-state index is -0.116. The molecule has 1 aromatic heterocycles. The number of rotatable bonds is 3. The molecule has 1 heterocycles. The van der Waals surface area contributed by atoms with Crippen LogP contribution in [0.1, 0.15) is 23.0 Å². The van der Waals surface area contributed by atoms with Crippen LogP contribution in [0, 0.1) is 6.92 Å². The maximum Gasteiger partial charge on any atom is 0.0596 e. The van der Waals surface area contributed by atoms with Gasteiger partial charge in [0.05, 0.1) is 15.7 Å². The molecule has 3 nitrogen and oxygen atoms in total. The van der Waals surface area contributed by atoms with Crippen LogP contribution >= 0.6 is 23.2 Å².